The number of hydrogen-bond acceptors (Lipinski definition) is 13. The van der Waals surface area contributed by atoms with Crippen LogP contribution in [-0.2, 0) is 47.7 Å². The minimum Gasteiger partial charge on any atom is -0.464 e. The largest absolute Gasteiger partial charge is 0.464 e. The van der Waals surface area contributed by atoms with Gasteiger partial charge < -0.3 is 55.7 Å². The molecule has 3 radical (unpaired) electrons. The molecule has 0 aromatic carbocycles. The first-order chi connectivity index (χ1) is 32.9. The highest BCUT2D eigenvalue weighted by molar-refractivity contribution is 5.98. The minimum atomic E-state index is -1.11. The lowest BCUT2D eigenvalue weighted by Gasteiger charge is -2.30. The van der Waals surface area contributed by atoms with Crippen LogP contribution in [0.4, 0.5) is 9.59 Å². The SMILES string of the molecule is C.CCOC(=O)[C@@]12C[C@H]1/C=C\CCCCC[C@H](NC(=O)OC(C)(C)C)C(=O)N1C[C@H](C)C[C@H]1C(=O)N2.CCOC(=O)[C@@]12C[C@H]1/C=C\CCCCC[C@H](NC(=O)OC(C)(C)C)C(=O)N1C[C@H](N)C[C@H]1C(=O)N2.[B]. The Labute approximate surface area is 429 Å². The smallest absolute Gasteiger partial charge is 0.408 e. The standard InChI is InChI=1S/C26H41N3O6.C25H40N4O6.CH4.B/c1-6-34-23(32)26-15-18(26)12-10-8-7-9-11-13-19(27-24(33)35-25(3,4)5)22(31)29-16-17(2)14-20(29)21(30)28-26;1-5-34-22(32)25-14-16(25)11-9-7-6-8-10-12-18(27-23(33)35-24(2,3)4)21(31)29-15-17(26)13-19(29)20(30)28-25;;/h10,12,17-20H,6-9,11,13-16H2,1-5H3,(H,27,33)(H,28,30);9,11,16-19H,5-8,10,12-15,26H2,1-4H3,(H,27,33)(H,28,30);1H4;/b12-10-;11-9-;;/t17-,18-,19+,20+,26-;16-,17-,18+,19+,25-;;/m11../s1. The first-order valence-corrected chi connectivity index (χ1v) is 25.6. The van der Waals surface area contributed by atoms with Crippen LogP contribution in [0.1, 0.15) is 160 Å². The third-order valence-corrected chi connectivity index (χ3v) is 13.5. The molecule has 0 spiro atoms. The predicted octanol–water partition coefficient (Wildman–Crippen LogP) is 5.10. The summed E-state index contributed by atoms with van der Waals surface area (Å²) in [7, 11) is 0. The number of nitrogens with two attached hydrogens (primary N) is 1. The molecule has 6 aliphatic rings. The number of nitrogens with one attached hydrogen (secondary N) is 4. The van der Waals surface area contributed by atoms with Crippen LogP contribution < -0.4 is 27.0 Å². The third kappa shape index (κ3) is 16.4. The summed E-state index contributed by atoms with van der Waals surface area (Å²) in [6, 6.07) is -3.54. The van der Waals surface area contributed by atoms with Gasteiger partial charge in [0.25, 0.3) is 0 Å². The highest BCUT2D eigenvalue weighted by Crippen LogP contribution is 2.47. The number of hydrogen-bond donors (Lipinski definition) is 5. The quantitative estimate of drug-likeness (QED) is 0.101. The number of allylic oxidation sites excluding steroid dienone is 2. The van der Waals surface area contributed by atoms with Gasteiger partial charge in [-0.1, -0.05) is 64.3 Å². The number of carbonyl (C=O) groups is 8. The van der Waals surface area contributed by atoms with E-state index in [0.29, 0.717) is 38.6 Å². The summed E-state index contributed by atoms with van der Waals surface area (Å²) in [6.07, 6.45) is 16.1. The van der Waals surface area contributed by atoms with Crippen molar-refractivity contribution < 1.29 is 57.3 Å². The van der Waals surface area contributed by atoms with Gasteiger partial charge in [0.05, 0.1) is 13.2 Å². The number of amides is 6. The van der Waals surface area contributed by atoms with Gasteiger partial charge in [-0.05, 0) is 126 Å². The molecule has 6 rings (SSSR count). The molecule has 10 atom stereocenters. The molecule has 6 amide bonds. The van der Waals surface area contributed by atoms with E-state index in [-0.39, 0.29) is 83.5 Å². The molecule has 403 valence electrons. The third-order valence-electron chi connectivity index (χ3n) is 13.5. The summed E-state index contributed by atoms with van der Waals surface area (Å²) in [6.45, 7) is 17.1. The fraction of sp³-hybridized carbons (Fsp3) is 0.769. The first-order valence-electron chi connectivity index (χ1n) is 25.6. The molecule has 0 unspecified atom stereocenters. The molecule has 2 saturated heterocycles. The lowest BCUT2D eigenvalue weighted by atomic mass is 10.0. The van der Waals surface area contributed by atoms with Crippen molar-refractivity contribution in [1.29, 1.82) is 0 Å². The van der Waals surface area contributed by atoms with Crippen LogP contribution >= 0.6 is 0 Å². The monoisotopic (exact) mass is 1010 g/mol. The van der Waals surface area contributed by atoms with Gasteiger partial charge in [-0.3, -0.25) is 19.2 Å². The van der Waals surface area contributed by atoms with E-state index in [1.165, 1.54) is 4.90 Å². The molecule has 0 aromatic heterocycles. The number of carbonyl (C=O) groups excluding carboxylic acids is 8. The topological polar surface area (TPSA) is 254 Å². The molecule has 0 aromatic rings. The number of alkyl carbamates (subject to hydrolysis) is 2. The Bertz CT molecular complexity index is 1850. The van der Waals surface area contributed by atoms with Crippen molar-refractivity contribution in [2.75, 3.05) is 26.3 Å². The molecule has 20 heteroatoms. The van der Waals surface area contributed by atoms with E-state index < -0.39 is 76.5 Å². The zero-order chi connectivity index (χ0) is 51.6. The molecule has 4 aliphatic heterocycles. The maximum Gasteiger partial charge on any atom is 0.408 e. The zero-order valence-corrected chi connectivity index (χ0v) is 43.6. The number of fused-ring (bicyclic) bond motifs is 4. The summed E-state index contributed by atoms with van der Waals surface area (Å²) < 4.78 is 21.3. The molecular weight excluding hydrogens is 925 g/mol. The second-order valence-corrected chi connectivity index (χ2v) is 21.9. The maximum atomic E-state index is 13.6. The number of esters is 2. The van der Waals surface area contributed by atoms with Crippen molar-refractivity contribution in [3.63, 3.8) is 0 Å². The lowest BCUT2D eigenvalue weighted by Crippen LogP contribution is -2.56. The Morgan fingerprint density at radius 2 is 1.07 bits per heavy atom. The highest BCUT2D eigenvalue weighted by Gasteiger charge is 2.63. The second kappa shape index (κ2) is 26.2. The average Bonchev–Trinajstić information content (AvgIpc) is 4.04. The van der Waals surface area contributed by atoms with Gasteiger partial charge >= 0.3 is 24.1 Å². The summed E-state index contributed by atoms with van der Waals surface area (Å²) in [5, 5.41) is 11.3. The van der Waals surface area contributed by atoms with E-state index in [1.54, 1.807) is 60.3 Å². The Balaban J connectivity index is 0.000000370. The van der Waals surface area contributed by atoms with E-state index in [4.69, 9.17) is 24.7 Å². The number of ether oxygens (including phenoxy) is 4. The van der Waals surface area contributed by atoms with Crippen LogP contribution in [0.3, 0.4) is 0 Å². The van der Waals surface area contributed by atoms with Crippen molar-refractivity contribution in [2.45, 2.75) is 212 Å². The van der Waals surface area contributed by atoms with E-state index in [0.717, 1.165) is 51.4 Å². The van der Waals surface area contributed by atoms with Gasteiger partial charge in [0.15, 0.2) is 0 Å². The Kier molecular flexibility index (Phi) is 22.2. The van der Waals surface area contributed by atoms with Gasteiger partial charge in [0.1, 0.15) is 46.4 Å². The second-order valence-electron chi connectivity index (χ2n) is 21.9. The van der Waals surface area contributed by atoms with Gasteiger partial charge in [-0.25, -0.2) is 19.2 Å². The molecule has 72 heavy (non-hydrogen) atoms. The van der Waals surface area contributed by atoms with Gasteiger partial charge in [-0.2, -0.15) is 0 Å². The maximum absolute atomic E-state index is 13.6. The fourth-order valence-corrected chi connectivity index (χ4v) is 9.83. The summed E-state index contributed by atoms with van der Waals surface area (Å²) in [4.78, 5) is 108. The molecule has 0 bridgehead atoms. The number of nitrogens with zero attached hydrogens (tertiary/aromatic N) is 2. The summed E-state index contributed by atoms with van der Waals surface area (Å²) in [5.74, 6) is -2.46. The summed E-state index contributed by atoms with van der Waals surface area (Å²) >= 11 is 0. The Hall–Kier alpha value is -5.14. The molecule has 6 N–H and O–H groups in total. The molecule has 2 aliphatic carbocycles. The molecule has 4 heterocycles. The first kappa shape index (κ1) is 61.2. The molecule has 2 saturated carbocycles. The van der Waals surface area contributed by atoms with Gasteiger partial charge in [-0.15, -0.1) is 0 Å². The fourth-order valence-electron chi connectivity index (χ4n) is 9.83. The molecular formula is C52H85BN7O12. The minimum absolute atomic E-state index is 0. The molecule has 19 nitrogen and oxygen atoms in total. The van der Waals surface area contributed by atoms with Crippen molar-refractivity contribution in [2.24, 2.45) is 23.5 Å². The van der Waals surface area contributed by atoms with Crippen molar-refractivity contribution in [1.82, 2.24) is 31.1 Å². The Morgan fingerprint density at radius 3 is 1.47 bits per heavy atom. The van der Waals surface area contributed by atoms with E-state index in [1.807, 2.05) is 25.2 Å². The molecule has 4 fully saturated rings. The zero-order valence-electron chi connectivity index (χ0n) is 43.6. The number of rotatable bonds is 6. The Morgan fingerprint density at radius 1 is 0.667 bits per heavy atom. The van der Waals surface area contributed by atoms with Crippen molar-refractivity contribution in [3.8, 4) is 0 Å². The van der Waals surface area contributed by atoms with Crippen LogP contribution in [0.15, 0.2) is 24.3 Å². The predicted molar refractivity (Wildman–Crippen MR) is 272 cm³/mol. The average molecular weight is 1010 g/mol. The van der Waals surface area contributed by atoms with Crippen LogP contribution in [-0.4, -0.2) is 145 Å². The van der Waals surface area contributed by atoms with Crippen molar-refractivity contribution in [3.05, 3.63) is 24.3 Å². The normalized spacial score (nSPS) is 31.9. The van der Waals surface area contributed by atoms with Crippen LogP contribution in [0.5, 0.6) is 0 Å². The summed E-state index contributed by atoms with van der Waals surface area (Å²) in [5.41, 5.74) is 2.58. The lowest BCUT2D eigenvalue weighted by molar-refractivity contribution is -0.150. The van der Waals surface area contributed by atoms with Crippen LogP contribution in [0.25, 0.3) is 0 Å². The van der Waals surface area contributed by atoms with Crippen LogP contribution in [0, 0.1) is 17.8 Å². The van der Waals surface area contributed by atoms with E-state index >= 15 is 0 Å². The highest BCUT2D eigenvalue weighted by atomic mass is 16.6. The van der Waals surface area contributed by atoms with Crippen LogP contribution in [0.2, 0.25) is 0 Å². The van der Waals surface area contributed by atoms with Crippen molar-refractivity contribution >= 4 is 56.2 Å². The van der Waals surface area contributed by atoms with E-state index in [9.17, 15) is 38.4 Å². The van der Waals surface area contributed by atoms with Gasteiger partial charge in [0, 0.05) is 39.4 Å². The van der Waals surface area contributed by atoms with E-state index in [2.05, 4.69) is 27.3 Å². The van der Waals surface area contributed by atoms with Gasteiger partial charge in [0.2, 0.25) is 23.6 Å².